The van der Waals surface area contributed by atoms with E-state index in [4.69, 9.17) is 0 Å². The molecule has 0 aliphatic carbocycles. The summed E-state index contributed by atoms with van der Waals surface area (Å²) in [6.07, 6.45) is 10.2. The highest BCUT2D eigenvalue weighted by molar-refractivity contribution is 5.89. The maximum absolute atomic E-state index is 9.32. The second kappa shape index (κ2) is 15.5. The van der Waals surface area contributed by atoms with Crippen LogP contribution in [0.1, 0.15) is 54.2 Å². The van der Waals surface area contributed by atoms with Gasteiger partial charge in [-0.25, -0.2) is 0 Å². The van der Waals surface area contributed by atoms with Gasteiger partial charge >= 0.3 is 0 Å². The van der Waals surface area contributed by atoms with Crippen LogP contribution in [0.25, 0.3) is 57.7 Å². The summed E-state index contributed by atoms with van der Waals surface area (Å²) in [5.74, 6) is 0. The summed E-state index contributed by atoms with van der Waals surface area (Å²) in [5.41, 5.74) is 14.9. The lowest BCUT2D eigenvalue weighted by molar-refractivity contribution is 1.36. The summed E-state index contributed by atoms with van der Waals surface area (Å²) in [6.45, 7) is 20.8. The number of nitrogens with zero attached hydrogens (tertiary/aromatic N) is 1. The van der Waals surface area contributed by atoms with Gasteiger partial charge in [0, 0.05) is 0 Å². The van der Waals surface area contributed by atoms with Crippen LogP contribution < -0.4 is 10.4 Å². The van der Waals surface area contributed by atoms with Crippen molar-refractivity contribution in [1.29, 1.82) is 5.26 Å². The molecule has 1 heteroatoms. The van der Waals surface area contributed by atoms with Crippen LogP contribution in [0.2, 0.25) is 0 Å². The van der Waals surface area contributed by atoms with Crippen LogP contribution in [0, 0.1) is 32.1 Å². The third-order valence-electron chi connectivity index (χ3n) is 8.36. The highest BCUT2D eigenvalue weighted by Crippen LogP contribution is 2.38. The van der Waals surface area contributed by atoms with Gasteiger partial charge in [-0.15, -0.1) is 0 Å². The van der Waals surface area contributed by atoms with Crippen molar-refractivity contribution in [2.45, 2.75) is 41.5 Å². The van der Waals surface area contributed by atoms with Crippen LogP contribution in [-0.2, 0) is 0 Å². The van der Waals surface area contributed by atoms with Gasteiger partial charge in [-0.1, -0.05) is 136 Å². The minimum atomic E-state index is 0.668. The minimum absolute atomic E-state index is 0.668. The Morgan fingerprint density at radius 2 is 1.46 bits per heavy atom. The Balaban J connectivity index is 0.00000235. The number of aryl methyl sites for hydroxylation is 2. The lowest BCUT2D eigenvalue weighted by atomic mass is 9.87. The monoisotopic (exact) mass is 597 g/mol. The van der Waals surface area contributed by atoms with Gasteiger partial charge in [-0.05, 0) is 123 Å². The fourth-order valence-electron chi connectivity index (χ4n) is 5.63. The molecule has 0 bridgehead atoms. The largest absolute Gasteiger partial charge is 0.192 e. The molecule has 5 aromatic rings. The van der Waals surface area contributed by atoms with E-state index < -0.39 is 0 Å². The summed E-state index contributed by atoms with van der Waals surface area (Å²) in [5, 5.41) is 11.5. The van der Waals surface area contributed by atoms with Crippen LogP contribution in [0.15, 0.2) is 122 Å². The van der Waals surface area contributed by atoms with Crippen LogP contribution >= 0.6 is 0 Å². The summed E-state index contributed by atoms with van der Waals surface area (Å²) in [7, 11) is 0. The van der Waals surface area contributed by atoms with E-state index in [1.165, 1.54) is 50.1 Å². The molecular weight excluding hydrogens is 555 g/mol. The average Bonchev–Trinajstić information content (AvgIpc) is 3.09. The molecule has 0 atom stereocenters. The molecule has 0 aliphatic heterocycles. The second-order valence-electron chi connectivity index (χ2n) is 11.3. The van der Waals surface area contributed by atoms with Crippen LogP contribution in [0.4, 0.5) is 0 Å². The Bertz CT molecular complexity index is 2080. The molecule has 5 aromatic carbocycles. The molecule has 46 heavy (non-hydrogen) atoms. The number of benzene rings is 5. The zero-order valence-corrected chi connectivity index (χ0v) is 28.0. The Morgan fingerprint density at radius 1 is 0.739 bits per heavy atom. The number of rotatable bonds is 7. The van der Waals surface area contributed by atoms with Crippen molar-refractivity contribution >= 4 is 24.3 Å². The van der Waals surface area contributed by atoms with Crippen molar-refractivity contribution in [3.63, 3.8) is 0 Å². The topological polar surface area (TPSA) is 23.8 Å². The minimum Gasteiger partial charge on any atom is -0.192 e. The molecule has 0 amide bonds. The van der Waals surface area contributed by atoms with Crippen molar-refractivity contribution in [1.82, 2.24) is 0 Å². The third kappa shape index (κ3) is 7.43. The Labute approximate surface area is 275 Å². The number of allylic oxidation sites excluding steroid dienone is 4. The Morgan fingerprint density at radius 3 is 2.17 bits per heavy atom. The fraction of sp³-hybridized carbons (Fsp3) is 0.133. The standard InChI is InChI=1S/C43H37N.C2H6/c1-7-8-13-35-20-21-36(33(6)32(35)5)18-16-29(2)39-19-17-30(3)42(27-39)43-31(4)11-9-15-41(43)38-24-22-37(23-25-38)40-14-10-12-34(26-40)28-44;1-2/h7-27H,1,6H2,2-5H3;1-2H3/b13-8-,29-16+,36-18-;. The predicted octanol–water partition coefficient (Wildman–Crippen LogP) is 11.0. The zero-order valence-electron chi connectivity index (χ0n) is 28.0. The van der Waals surface area contributed by atoms with E-state index in [2.05, 4.69) is 138 Å². The third-order valence-corrected chi connectivity index (χ3v) is 8.36. The Hall–Kier alpha value is -5.45. The van der Waals surface area contributed by atoms with Gasteiger partial charge in [0.25, 0.3) is 0 Å². The highest BCUT2D eigenvalue weighted by atomic mass is 14.2. The Kier molecular flexibility index (Phi) is 11.3. The quantitative estimate of drug-likeness (QED) is 0.171. The van der Waals surface area contributed by atoms with E-state index in [1.54, 1.807) is 6.08 Å². The smallest absolute Gasteiger partial charge is 0.0991 e. The summed E-state index contributed by atoms with van der Waals surface area (Å²) >= 11 is 0. The summed E-state index contributed by atoms with van der Waals surface area (Å²) in [6, 6.07) is 36.2. The van der Waals surface area contributed by atoms with Crippen molar-refractivity contribution < 1.29 is 0 Å². The van der Waals surface area contributed by atoms with Gasteiger partial charge in [-0.3, -0.25) is 0 Å². The van der Waals surface area contributed by atoms with Gasteiger partial charge in [0.1, 0.15) is 0 Å². The predicted molar refractivity (Wildman–Crippen MR) is 202 cm³/mol. The van der Waals surface area contributed by atoms with E-state index in [1.807, 2.05) is 44.2 Å². The molecule has 0 saturated heterocycles. The highest BCUT2D eigenvalue weighted by Gasteiger charge is 2.14. The first-order chi connectivity index (χ1) is 22.3. The van der Waals surface area contributed by atoms with Crippen molar-refractivity contribution in [2.24, 2.45) is 0 Å². The second-order valence-corrected chi connectivity index (χ2v) is 11.3. The van der Waals surface area contributed by atoms with Gasteiger partial charge < -0.3 is 0 Å². The number of nitriles is 1. The van der Waals surface area contributed by atoms with Crippen molar-refractivity contribution in [3.8, 4) is 39.4 Å². The van der Waals surface area contributed by atoms with E-state index >= 15 is 0 Å². The van der Waals surface area contributed by atoms with E-state index in [0.717, 1.165) is 27.1 Å². The van der Waals surface area contributed by atoms with Crippen LogP contribution in [0.3, 0.4) is 0 Å². The maximum atomic E-state index is 9.32. The molecule has 0 spiro atoms. The number of hydrogen-bond donors (Lipinski definition) is 0. The SMILES string of the molecule is C=C/C=C\c1cc/c(=C/C=C(\C)c2ccc(C)c(-c3c(C)cccc3-c3ccc(-c4cccc(C#N)c4)cc3)c2)c(=C)c1C.CC. The van der Waals surface area contributed by atoms with Gasteiger partial charge in [-0.2, -0.15) is 5.26 Å². The van der Waals surface area contributed by atoms with E-state index in [9.17, 15) is 5.26 Å². The average molecular weight is 598 g/mol. The first kappa shape index (κ1) is 33.4. The van der Waals surface area contributed by atoms with Gasteiger partial charge in [0.2, 0.25) is 0 Å². The molecule has 228 valence electrons. The summed E-state index contributed by atoms with van der Waals surface area (Å²) < 4.78 is 0. The lowest BCUT2D eigenvalue weighted by Gasteiger charge is -2.17. The molecule has 0 aliphatic rings. The molecular formula is C45H43N. The van der Waals surface area contributed by atoms with E-state index in [0.29, 0.717) is 5.56 Å². The first-order valence-electron chi connectivity index (χ1n) is 15.9. The molecule has 0 fully saturated rings. The molecule has 0 N–H and O–H groups in total. The van der Waals surface area contributed by atoms with Crippen molar-refractivity contribution in [3.05, 3.63) is 166 Å². The van der Waals surface area contributed by atoms with Crippen LogP contribution in [-0.4, -0.2) is 0 Å². The van der Waals surface area contributed by atoms with Crippen LogP contribution in [0.5, 0.6) is 0 Å². The van der Waals surface area contributed by atoms with Gasteiger partial charge in [0.15, 0.2) is 0 Å². The first-order valence-corrected chi connectivity index (χ1v) is 15.9. The molecule has 1 nitrogen and oxygen atoms in total. The molecule has 0 radical (unpaired) electrons. The maximum Gasteiger partial charge on any atom is 0.0991 e. The molecule has 0 aromatic heterocycles. The lowest BCUT2D eigenvalue weighted by Crippen LogP contribution is -2.26. The normalized spacial score (nSPS) is 11.6. The van der Waals surface area contributed by atoms with Gasteiger partial charge in [0.05, 0.1) is 11.6 Å². The van der Waals surface area contributed by atoms with E-state index in [-0.39, 0.29) is 0 Å². The fourth-order valence-corrected chi connectivity index (χ4v) is 5.63. The molecule has 0 heterocycles. The zero-order chi connectivity index (χ0) is 33.2. The molecule has 0 unspecified atom stereocenters. The number of hydrogen-bond acceptors (Lipinski definition) is 1. The molecule has 0 saturated carbocycles. The molecule has 5 rings (SSSR count). The summed E-state index contributed by atoms with van der Waals surface area (Å²) in [4.78, 5) is 0. The van der Waals surface area contributed by atoms with Crippen molar-refractivity contribution in [2.75, 3.05) is 0 Å².